The quantitative estimate of drug-likeness (QED) is 0.0635. The molecule has 1 aliphatic rings. The molecule has 3 N–H and O–H groups in total. The molecule has 6 atom stereocenters. The van der Waals surface area contributed by atoms with E-state index in [1.807, 2.05) is 44.2 Å². The zero-order valence-electron chi connectivity index (χ0n) is 33.5. The Morgan fingerprint density at radius 1 is 0.948 bits per heavy atom. The molecule has 1 saturated heterocycles. The smallest absolute Gasteiger partial charge is 0.459 e. The highest BCUT2D eigenvalue weighted by Gasteiger charge is 2.63. The van der Waals surface area contributed by atoms with Crippen molar-refractivity contribution in [3.05, 3.63) is 90.4 Å². The van der Waals surface area contributed by atoms with Crippen molar-refractivity contribution in [3.8, 4) is 11.8 Å². The van der Waals surface area contributed by atoms with Crippen molar-refractivity contribution in [2.24, 2.45) is 17.8 Å². The fourth-order valence-electron chi connectivity index (χ4n) is 6.26. The number of para-hydroxylation sites is 1. The fourth-order valence-corrected chi connectivity index (χ4v) is 7.76. The molecule has 0 radical (unpaired) electrons. The number of aromatic nitrogens is 3. The number of carbonyl (C=O) groups excluding carboxylic acids is 3. The number of nitriles is 1. The molecule has 1 unspecified atom stereocenters. The zero-order valence-corrected chi connectivity index (χ0v) is 34.4. The molecule has 0 aliphatic carbocycles. The normalized spacial score (nSPS) is 20.7. The van der Waals surface area contributed by atoms with Gasteiger partial charge in [-0.25, -0.2) is 14.1 Å². The van der Waals surface area contributed by atoms with E-state index in [2.05, 4.69) is 21.2 Å². The van der Waals surface area contributed by atoms with E-state index in [1.54, 1.807) is 64.1 Å². The summed E-state index contributed by atoms with van der Waals surface area (Å²) < 4.78 is 52.7. The molecule has 5 rings (SSSR count). The summed E-state index contributed by atoms with van der Waals surface area (Å²) in [5.74, 6) is -3.05. The van der Waals surface area contributed by atoms with Gasteiger partial charge < -0.3 is 29.2 Å². The average Bonchev–Trinajstić information content (AvgIpc) is 3.78. The number of carbonyl (C=O) groups is 3. The van der Waals surface area contributed by atoms with Crippen LogP contribution in [-0.2, 0) is 54.4 Å². The van der Waals surface area contributed by atoms with Crippen LogP contribution in [0, 0.1) is 29.1 Å². The van der Waals surface area contributed by atoms with Crippen LogP contribution in [0.3, 0.4) is 0 Å². The second-order valence-corrected chi connectivity index (χ2v) is 16.3. The molecule has 3 heterocycles. The summed E-state index contributed by atoms with van der Waals surface area (Å²) in [5, 5.41) is 18.1. The molecular weight excluding hydrogens is 767 g/mol. The van der Waals surface area contributed by atoms with Crippen LogP contribution in [-0.4, -0.2) is 70.1 Å². The second-order valence-electron chi connectivity index (χ2n) is 14.6. The third-order valence-corrected chi connectivity index (χ3v) is 11.3. The highest BCUT2D eigenvalue weighted by Crippen LogP contribution is 2.49. The van der Waals surface area contributed by atoms with Gasteiger partial charge in [-0.1, -0.05) is 103 Å². The monoisotopic (exact) mass is 818 g/mol. The van der Waals surface area contributed by atoms with Gasteiger partial charge >= 0.3 is 25.7 Å². The van der Waals surface area contributed by atoms with Crippen molar-refractivity contribution >= 4 is 37.0 Å². The highest BCUT2D eigenvalue weighted by atomic mass is 31.2. The minimum atomic E-state index is -4.61. The number of nitrogen functional groups attached to an aromatic ring is 1. The lowest BCUT2D eigenvalue weighted by atomic mass is 9.92. The molecule has 2 aromatic carbocycles. The van der Waals surface area contributed by atoms with Crippen LogP contribution >= 0.6 is 7.75 Å². The Kier molecular flexibility index (Phi) is 14.7. The average molecular weight is 819 g/mol. The summed E-state index contributed by atoms with van der Waals surface area (Å²) in [6, 6.07) is 21.3. The number of nitrogens with two attached hydrogens (primary N) is 1. The Morgan fingerprint density at radius 3 is 2.21 bits per heavy atom. The zero-order chi connectivity index (χ0) is 42.0. The Balaban J connectivity index is 1.56. The van der Waals surface area contributed by atoms with Gasteiger partial charge in [-0.05, 0) is 42.2 Å². The largest absolute Gasteiger partial charge is 0.464 e. The van der Waals surface area contributed by atoms with Crippen LogP contribution in [0.5, 0.6) is 5.75 Å². The number of esters is 3. The first-order chi connectivity index (χ1) is 27.7. The Morgan fingerprint density at radius 2 is 1.59 bits per heavy atom. The van der Waals surface area contributed by atoms with Crippen LogP contribution in [0.25, 0.3) is 5.52 Å². The van der Waals surface area contributed by atoms with Crippen molar-refractivity contribution in [1.29, 1.82) is 5.26 Å². The maximum Gasteiger partial charge on any atom is 0.459 e. The number of hydrogen-bond acceptors (Lipinski definition) is 14. The van der Waals surface area contributed by atoms with Crippen molar-refractivity contribution < 1.29 is 46.9 Å². The van der Waals surface area contributed by atoms with E-state index in [1.165, 1.54) is 16.9 Å². The van der Waals surface area contributed by atoms with Gasteiger partial charge in [0, 0.05) is 0 Å². The molecule has 0 saturated carbocycles. The van der Waals surface area contributed by atoms with E-state index in [0.29, 0.717) is 5.52 Å². The molecule has 58 heavy (non-hydrogen) atoms. The van der Waals surface area contributed by atoms with Crippen LogP contribution in [0.2, 0.25) is 0 Å². The number of nitrogens with zero attached hydrogens (tertiary/aromatic N) is 4. The Bertz CT molecular complexity index is 2110. The molecule has 2 aromatic heterocycles. The topological polar surface area (TPSA) is 216 Å². The maximum atomic E-state index is 15.0. The molecular formula is C41H51N6O10P. The predicted molar refractivity (Wildman–Crippen MR) is 212 cm³/mol. The van der Waals surface area contributed by atoms with Crippen molar-refractivity contribution in [1.82, 2.24) is 19.7 Å². The molecule has 17 heteroatoms. The SMILES string of the molecule is CCC(CC)COC(=O)[C@H](Cc1ccccc1)NP(=O)(OC[C@H]1O[C@@](C#N)(c2ccc3c(N)ncnn23)[C@H](OC(=O)C(C)C)[C@@H]1OC(=O)C(C)C)Oc1ccccc1. The third-order valence-electron chi connectivity index (χ3n) is 9.74. The molecule has 0 bridgehead atoms. The Labute approximate surface area is 337 Å². The van der Waals surface area contributed by atoms with Gasteiger partial charge in [0.1, 0.15) is 35.8 Å². The van der Waals surface area contributed by atoms with Gasteiger partial charge in [0.15, 0.2) is 18.0 Å². The lowest BCUT2D eigenvalue weighted by Crippen LogP contribution is -2.47. The van der Waals surface area contributed by atoms with Crippen molar-refractivity contribution in [3.63, 3.8) is 0 Å². The standard InChI is InChI=1S/C41H51N6O10P/c1-7-28(8-2)22-52-40(50)31(21-29-15-11-9-12-16-29)46-58(51,57-30-17-13-10-14-18-30)53-23-33-35(54-38(48)26(3)4)36(55-39(49)27(5)6)41(24-42,56-33)34-20-19-32-37(43)44-25-45-47(32)34/h9-20,25-28,31,33,35-36H,7-8,21-23H2,1-6H3,(H,46,51)(H2,43,44,45)/t31-,33+,35+,36+,41-,58?/m0/s1. The van der Waals surface area contributed by atoms with E-state index in [-0.39, 0.29) is 36.2 Å². The second kappa shape index (κ2) is 19.4. The first-order valence-electron chi connectivity index (χ1n) is 19.3. The minimum absolute atomic E-state index is 0.0552. The molecule has 1 aliphatic heterocycles. The summed E-state index contributed by atoms with van der Waals surface area (Å²) in [4.78, 5) is 44.4. The van der Waals surface area contributed by atoms with Gasteiger partial charge in [0.05, 0.1) is 30.7 Å². The lowest BCUT2D eigenvalue weighted by Gasteiger charge is -2.29. The summed E-state index contributed by atoms with van der Waals surface area (Å²) in [6.45, 7) is 9.93. The number of fused-ring (bicyclic) bond motifs is 1. The predicted octanol–water partition coefficient (Wildman–Crippen LogP) is 5.95. The number of ether oxygens (including phenoxy) is 4. The highest BCUT2D eigenvalue weighted by molar-refractivity contribution is 7.52. The third kappa shape index (κ3) is 10.2. The molecule has 4 aromatic rings. The summed E-state index contributed by atoms with van der Waals surface area (Å²) in [6.07, 6.45) is -1.67. The Hall–Kier alpha value is -5.33. The summed E-state index contributed by atoms with van der Waals surface area (Å²) >= 11 is 0. The first kappa shape index (κ1) is 43.8. The molecule has 1 fully saturated rings. The van der Waals surface area contributed by atoms with E-state index < -0.39 is 74.1 Å². The summed E-state index contributed by atoms with van der Waals surface area (Å²) in [5.41, 5.74) is 5.09. The van der Waals surface area contributed by atoms with Crippen LogP contribution in [0.1, 0.15) is 65.6 Å². The molecule has 0 spiro atoms. The van der Waals surface area contributed by atoms with E-state index in [0.717, 1.165) is 18.4 Å². The maximum absolute atomic E-state index is 15.0. The van der Waals surface area contributed by atoms with Gasteiger partial charge in [0.2, 0.25) is 5.60 Å². The van der Waals surface area contributed by atoms with Crippen LogP contribution in [0.4, 0.5) is 5.82 Å². The molecule has 0 amide bonds. The lowest BCUT2D eigenvalue weighted by molar-refractivity contribution is -0.173. The van der Waals surface area contributed by atoms with Crippen LogP contribution < -0.4 is 15.3 Å². The number of anilines is 1. The molecule has 310 valence electrons. The number of benzene rings is 2. The van der Waals surface area contributed by atoms with E-state index >= 15 is 4.57 Å². The van der Waals surface area contributed by atoms with E-state index in [9.17, 15) is 19.6 Å². The number of rotatable bonds is 19. The van der Waals surface area contributed by atoms with E-state index in [4.69, 9.17) is 33.7 Å². The van der Waals surface area contributed by atoms with Crippen LogP contribution in [0.15, 0.2) is 79.1 Å². The van der Waals surface area contributed by atoms with Gasteiger partial charge in [-0.2, -0.15) is 15.4 Å². The van der Waals surface area contributed by atoms with Gasteiger partial charge in [-0.3, -0.25) is 18.9 Å². The first-order valence-corrected chi connectivity index (χ1v) is 20.8. The van der Waals surface area contributed by atoms with Gasteiger partial charge in [0.25, 0.3) is 0 Å². The van der Waals surface area contributed by atoms with Gasteiger partial charge in [-0.15, -0.1) is 0 Å². The number of nitrogens with one attached hydrogen (secondary N) is 1. The van der Waals surface area contributed by atoms with Crippen molar-refractivity contribution in [2.45, 2.75) is 90.8 Å². The molecule has 16 nitrogen and oxygen atoms in total. The summed E-state index contributed by atoms with van der Waals surface area (Å²) in [7, 11) is -4.61. The van der Waals surface area contributed by atoms with Crippen molar-refractivity contribution in [2.75, 3.05) is 18.9 Å². The minimum Gasteiger partial charge on any atom is -0.464 e. The fraction of sp³-hybridized carbons (Fsp3) is 0.463. The number of hydrogen-bond donors (Lipinski definition) is 2.